The molecule has 1 heterocycles. The summed E-state index contributed by atoms with van der Waals surface area (Å²) in [7, 11) is 0. The van der Waals surface area contributed by atoms with Crippen molar-refractivity contribution in [2.75, 3.05) is 36.4 Å². The van der Waals surface area contributed by atoms with E-state index in [0.29, 0.717) is 5.56 Å². The highest BCUT2D eigenvalue weighted by Gasteiger charge is 2.33. The Morgan fingerprint density at radius 1 is 0.812 bits per heavy atom. The number of amides is 1. The van der Waals surface area contributed by atoms with E-state index in [2.05, 4.69) is 27.2 Å². The Hall–Kier alpha value is -3.32. The lowest BCUT2D eigenvalue weighted by Gasteiger charge is -2.36. The van der Waals surface area contributed by atoms with Gasteiger partial charge >= 0.3 is 6.18 Å². The zero-order chi connectivity index (χ0) is 22.6. The van der Waals surface area contributed by atoms with Crippen LogP contribution in [0.3, 0.4) is 0 Å². The van der Waals surface area contributed by atoms with E-state index in [-0.39, 0.29) is 5.69 Å². The van der Waals surface area contributed by atoms with Crippen LogP contribution in [0.15, 0.2) is 78.9 Å². The zero-order valence-corrected chi connectivity index (χ0v) is 17.5. The van der Waals surface area contributed by atoms with Crippen molar-refractivity contribution < 1.29 is 18.0 Å². The number of rotatable bonds is 5. The molecule has 1 aliphatic rings. The van der Waals surface area contributed by atoms with E-state index >= 15 is 0 Å². The van der Waals surface area contributed by atoms with E-state index < -0.39 is 17.6 Å². The van der Waals surface area contributed by atoms with Crippen LogP contribution >= 0.6 is 0 Å². The van der Waals surface area contributed by atoms with Crippen LogP contribution in [0.5, 0.6) is 0 Å². The standard InChI is InChI=1S/C25H24F3N3O/c26-25(27,28)22-8-4-5-9-23(22)29-24(32)20-12-10-19(11-13-20)18-30-14-16-31(17-15-30)21-6-2-1-3-7-21/h1-13H,14-18H2,(H,29,32). The second-order valence-electron chi connectivity index (χ2n) is 7.79. The highest BCUT2D eigenvalue weighted by atomic mass is 19.4. The second kappa shape index (κ2) is 9.44. The van der Waals surface area contributed by atoms with E-state index in [0.717, 1.165) is 44.4 Å². The van der Waals surface area contributed by atoms with Crippen molar-refractivity contribution in [3.05, 3.63) is 95.6 Å². The van der Waals surface area contributed by atoms with E-state index in [1.807, 2.05) is 30.3 Å². The summed E-state index contributed by atoms with van der Waals surface area (Å²) in [6, 6.07) is 22.3. The van der Waals surface area contributed by atoms with Gasteiger partial charge in [-0.25, -0.2) is 0 Å². The van der Waals surface area contributed by atoms with Gasteiger partial charge in [-0.1, -0.05) is 42.5 Å². The summed E-state index contributed by atoms with van der Waals surface area (Å²) in [6.07, 6.45) is -4.53. The van der Waals surface area contributed by atoms with Gasteiger partial charge in [-0.2, -0.15) is 13.2 Å². The average molecular weight is 439 g/mol. The Balaban J connectivity index is 1.33. The topological polar surface area (TPSA) is 35.6 Å². The van der Waals surface area contributed by atoms with Crippen molar-refractivity contribution in [1.29, 1.82) is 0 Å². The summed E-state index contributed by atoms with van der Waals surface area (Å²) in [5, 5.41) is 2.38. The number of hydrogen-bond acceptors (Lipinski definition) is 3. The molecule has 0 spiro atoms. The molecule has 1 N–H and O–H groups in total. The maximum atomic E-state index is 13.1. The van der Waals surface area contributed by atoms with Crippen molar-refractivity contribution in [2.45, 2.75) is 12.7 Å². The number of anilines is 2. The molecule has 32 heavy (non-hydrogen) atoms. The predicted octanol–water partition coefficient (Wildman–Crippen LogP) is 5.28. The molecule has 1 saturated heterocycles. The molecule has 0 bridgehead atoms. The van der Waals surface area contributed by atoms with Crippen molar-refractivity contribution in [3.8, 4) is 0 Å². The molecule has 0 aliphatic carbocycles. The summed E-state index contributed by atoms with van der Waals surface area (Å²) < 4.78 is 39.4. The van der Waals surface area contributed by atoms with Crippen LogP contribution in [0.2, 0.25) is 0 Å². The molecule has 0 atom stereocenters. The first kappa shape index (κ1) is 21.9. The summed E-state index contributed by atoms with van der Waals surface area (Å²) in [6.45, 7) is 4.53. The first-order valence-electron chi connectivity index (χ1n) is 10.5. The molecule has 166 valence electrons. The van der Waals surface area contributed by atoms with E-state index in [1.165, 1.54) is 23.9 Å². The number of piperazine rings is 1. The van der Waals surface area contributed by atoms with Crippen molar-refractivity contribution in [3.63, 3.8) is 0 Å². The molecule has 1 aliphatic heterocycles. The lowest BCUT2D eigenvalue weighted by atomic mass is 10.1. The SMILES string of the molecule is O=C(Nc1ccccc1C(F)(F)F)c1ccc(CN2CCN(c3ccccc3)CC2)cc1. The molecule has 0 radical (unpaired) electrons. The molecular formula is C25H24F3N3O. The van der Waals surface area contributed by atoms with Gasteiger partial charge in [0.1, 0.15) is 0 Å². The van der Waals surface area contributed by atoms with Crippen LogP contribution < -0.4 is 10.2 Å². The fourth-order valence-electron chi connectivity index (χ4n) is 3.86. The highest BCUT2D eigenvalue weighted by Crippen LogP contribution is 2.34. The highest BCUT2D eigenvalue weighted by molar-refractivity contribution is 6.04. The van der Waals surface area contributed by atoms with Crippen LogP contribution in [0.25, 0.3) is 0 Å². The number of carbonyl (C=O) groups excluding carboxylic acids is 1. The first-order valence-corrected chi connectivity index (χ1v) is 10.5. The third-order valence-electron chi connectivity index (χ3n) is 5.60. The molecule has 4 nitrogen and oxygen atoms in total. The molecule has 1 amide bonds. The van der Waals surface area contributed by atoms with Crippen molar-refractivity contribution >= 4 is 17.3 Å². The Morgan fingerprint density at radius 2 is 1.44 bits per heavy atom. The lowest BCUT2D eigenvalue weighted by Crippen LogP contribution is -2.45. The van der Waals surface area contributed by atoms with Crippen LogP contribution in [0, 0.1) is 0 Å². The van der Waals surface area contributed by atoms with Crippen molar-refractivity contribution in [2.24, 2.45) is 0 Å². The van der Waals surface area contributed by atoms with E-state index in [9.17, 15) is 18.0 Å². The van der Waals surface area contributed by atoms with Crippen LogP contribution in [0.1, 0.15) is 21.5 Å². The summed E-state index contributed by atoms with van der Waals surface area (Å²) in [4.78, 5) is 17.2. The number of para-hydroxylation sites is 2. The minimum Gasteiger partial charge on any atom is -0.369 e. The van der Waals surface area contributed by atoms with Gasteiger partial charge in [0.25, 0.3) is 5.91 Å². The van der Waals surface area contributed by atoms with Crippen LogP contribution in [0.4, 0.5) is 24.5 Å². The summed E-state index contributed by atoms with van der Waals surface area (Å²) in [5.41, 5.74) is 1.50. The Morgan fingerprint density at radius 3 is 2.09 bits per heavy atom. The van der Waals surface area contributed by atoms with E-state index in [1.54, 1.807) is 12.1 Å². The molecule has 1 fully saturated rings. The zero-order valence-electron chi connectivity index (χ0n) is 17.5. The summed E-state index contributed by atoms with van der Waals surface area (Å²) in [5.74, 6) is -0.565. The monoisotopic (exact) mass is 439 g/mol. The molecular weight excluding hydrogens is 415 g/mol. The largest absolute Gasteiger partial charge is 0.418 e. The maximum Gasteiger partial charge on any atom is 0.418 e. The van der Waals surface area contributed by atoms with Gasteiger partial charge in [-0.15, -0.1) is 0 Å². The minimum absolute atomic E-state index is 0.245. The molecule has 0 unspecified atom stereocenters. The third kappa shape index (κ3) is 5.29. The fraction of sp³-hybridized carbons (Fsp3) is 0.240. The number of alkyl halides is 3. The first-order chi connectivity index (χ1) is 15.4. The maximum absolute atomic E-state index is 13.1. The Kier molecular flexibility index (Phi) is 6.46. The molecule has 0 saturated carbocycles. The smallest absolute Gasteiger partial charge is 0.369 e. The van der Waals surface area contributed by atoms with Gasteiger partial charge in [0.15, 0.2) is 0 Å². The minimum atomic E-state index is -4.53. The lowest BCUT2D eigenvalue weighted by molar-refractivity contribution is -0.136. The van der Waals surface area contributed by atoms with Crippen LogP contribution in [-0.2, 0) is 12.7 Å². The number of nitrogens with zero attached hydrogens (tertiary/aromatic N) is 2. The quantitative estimate of drug-likeness (QED) is 0.588. The summed E-state index contributed by atoms with van der Waals surface area (Å²) >= 11 is 0. The van der Waals surface area contributed by atoms with Crippen molar-refractivity contribution in [1.82, 2.24) is 4.90 Å². The molecule has 0 aromatic heterocycles. The normalized spacial score (nSPS) is 14.9. The predicted molar refractivity (Wildman–Crippen MR) is 120 cm³/mol. The van der Waals surface area contributed by atoms with E-state index in [4.69, 9.17) is 0 Å². The number of hydrogen-bond donors (Lipinski definition) is 1. The Bertz CT molecular complexity index is 1040. The number of carbonyl (C=O) groups is 1. The Labute approximate surface area is 185 Å². The molecule has 7 heteroatoms. The van der Waals surface area contributed by atoms with Crippen LogP contribution in [-0.4, -0.2) is 37.0 Å². The van der Waals surface area contributed by atoms with Gasteiger partial charge in [-0.3, -0.25) is 9.69 Å². The van der Waals surface area contributed by atoms with Gasteiger partial charge in [0, 0.05) is 44.0 Å². The number of nitrogens with one attached hydrogen (secondary N) is 1. The molecule has 3 aromatic carbocycles. The molecule has 3 aromatic rings. The number of benzene rings is 3. The molecule has 4 rings (SSSR count). The van der Waals surface area contributed by atoms with Gasteiger partial charge in [0.05, 0.1) is 11.3 Å². The fourth-order valence-corrected chi connectivity index (χ4v) is 3.86. The average Bonchev–Trinajstić information content (AvgIpc) is 2.80. The third-order valence-corrected chi connectivity index (χ3v) is 5.60. The van der Waals surface area contributed by atoms with Gasteiger partial charge in [0.2, 0.25) is 0 Å². The number of halogens is 3. The van der Waals surface area contributed by atoms with Gasteiger partial charge < -0.3 is 10.2 Å². The van der Waals surface area contributed by atoms with Gasteiger partial charge in [-0.05, 0) is 42.0 Å². The second-order valence-corrected chi connectivity index (χ2v) is 7.79.